The van der Waals surface area contributed by atoms with Crippen molar-refractivity contribution in [2.45, 2.75) is 33.2 Å². The molecule has 28 heavy (non-hydrogen) atoms. The number of carbonyl (C=O) groups excluding carboxylic acids is 3. The van der Waals surface area contributed by atoms with Crippen molar-refractivity contribution < 1.29 is 14.4 Å². The van der Waals surface area contributed by atoms with E-state index in [0.717, 1.165) is 5.56 Å². The minimum atomic E-state index is -0.793. The van der Waals surface area contributed by atoms with Crippen LogP contribution in [0.5, 0.6) is 0 Å². The van der Waals surface area contributed by atoms with Crippen molar-refractivity contribution in [3.05, 3.63) is 70.2 Å². The van der Waals surface area contributed by atoms with Crippen LogP contribution < -0.4 is 16.2 Å². The molecule has 0 saturated heterocycles. The normalized spacial score (nSPS) is 11.6. The first kappa shape index (κ1) is 21.4. The monoisotopic (exact) mass is 401 g/mol. The first-order valence-corrected chi connectivity index (χ1v) is 9.38. The Hall–Kier alpha value is -2.86. The predicted octanol–water partition coefficient (Wildman–Crippen LogP) is 3.25. The third-order valence-electron chi connectivity index (χ3n) is 4.14. The first-order chi connectivity index (χ1) is 13.3. The van der Waals surface area contributed by atoms with Crippen molar-refractivity contribution in [2.24, 2.45) is 5.92 Å². The molecule has 0 aliphatic rings. The number of nitrogens with one attached hydrogen (secondary N) is 3. The van der Waals surface area contributed by atoms with Gasteiger partial charge in [0.15, 0.2) is 0 Å². The highest BCUT2D eigenvalue weighted by molar-refractivity contribution is 6.33. The lowest BCUT2D eigenvalue weighted by molar-refractivity contribution is -0.124. The number of halogens is 1. The maximum Gasteiger partial charge on any atom is 0.271 e. The average Bonchev–Trinajstić information content (AvgIpc) is 2.65. The van der Waals surface area contributed by atoms with Gasteiger partial charge in [-0.1, -0.05) is 55.8 Å². The van der Waals surface area contributed by atoms with Gasteiger partial charge in [0.05, 0.1) is 10.6 Å². The smallest absolute Gasteiger partial charge is 0.271 e. The van der Waals surface area contributed by atoms with E-state index < -0.39 is 17.9 Å². The van der Waals surface area contributed by atoms with E-state index in [-0.39, 0.29) is 22.4 Å². The van der Waals surface area contributed by atoms with Crippen molar-refractivity contribution in [2.75, 3.05) is 0 Å². The summed E-state index contributed by atoms with van der Waals surface area (Å²) in [6.45, 7) is 5.72. The molecule has 2 aromatic carbocycles. The average molecular weight is 402 g/mol. The van der Waals surface area contributed by atoms with Crippen molar-refractivity contribution in [1.82, 2.24) is 16.2 Å². The second-order valence-electron chi connectivity index (χ2n) is 6.89. The van der Waals surface area contributed by atoms with Crippen molar-refractivity contribution in [1.29, 1.82) is 0 Å². The molecule has 0 unspecified atom stereocenters. The van der Waals surface area contributed by atoms with Gasteiger partial charge in [0.1, 0.15) is 6.04 Å². The minimum Gasteiger partial charge on any atom is -0.340 e. The van der Waals surface area contributed by atoms with Crippen LogP contribution in [-0.4, -0.2) is 23.8 Å². The van der Waals surface area contributed by atoms with E-state index in [1.807, 2.05) is 32.9 Å². The maximum absolute atomic E-state index is 12.6. The van der Waals surface area contributed by atoms with Crippen LogP contribution in [0.4, 0.5) is 0 Å². The zero-order valence-corrected chi connectivity index (χ0v) is 16.8. The Morgan fingerprint density at radius 2 is 1.50 bits per heavy atom. The van der Waals surface area contributed by atoms with Gasteiger partial charge in [0.2, 0.25) is 0 Å². The van der Waals surface area contributed by atoms with E-state index in [9.17, 15) is 14.4 Å². The Labute approximate surface area is 169 Å². The maximum atomic E-state index is 12.6. The Morgan fingerprint density at radius 3 is 2.11 bits per heavy atom. The summed E-state index contributed by atoms with van der Waals surface area (Å²) in [5.74, 6) is -1.22. The van der Waals surface area contributed by atoms with Gasteiger partial charge in [-0.3, -0.25) is 25.2 Å². The van der Waals surface area contributed by atoms with Crippen LogP contribution in [-0.2, 0) is 4.79 Å². The lowest BCUT2D eigenvalue weighted by Crippen LogP contribution is -2.52. The molecule has 148 valence electrons. The molecule has 0 saturated carbocycles. The van der Waals surface area contributed by atoms with Crippen LogP contribution in [0, 0.1) is 12.8 Å². The number of carbonyl (C=O) groups is 3. The minimum absolute atomic E-state index is 0.159. The molecule has 1 atom stereocenters. The molecule has 0 bridgehead atoms. The Balaban J connectivity index is 2.04. The fraction of sp³-hybridized carbons (Fsp3) is 0.286. The van der Waals surface area contributed by atoms with Gasteiger partial charge in [0.25, 0.3) is 17.7 Å². The zero-order chi connectivity index (χ0) is 20.7. The lowest BCUT2D eigenvalue weighted by atomic mass is 10.0. The van der Waals surface area contributed by atoms with Gasteiger partial charge < -0.3 is 5.32 Å². The predicted molar refractivity (Wildman–Crippen MR) is 109 cm³/mol. The number of benzene rings is 2. The molecule has 7 heteroatoms. The van der Waals surface area contributed by atoms with E-state index in [4.69, 9.17) is 11.6 Å². The zero-order valence-electron chi connectivity index (χ0n) is 16.1. The Kier molecular flexibility index (Phi) is 7.58. The van der Waals surface area contributed by atoms with Crippen LogP contribution in [0.2, 0.25) is 5.02 Å². The highest BCUT2D eigenvalue weighted by atomic mass is 35.5. The summed E-state index contributed by atoms with van der Waals surface area (Å²) in [5, 5.41) is 3.03. The molecule has 3 N–H and O–H groups in total. The van der Waals surface area contributed by atoms with Crippen molar-refractivity contribution >= 4 is 29.3 Å². The quantitative estimate of drug-likeness (QED) is 0.649. The van der Waals surface area contributed by atoms with Gasteiger partial charge in [-0.05, 0) is 43.0 Å². The molecule has 0 aliphatic heterocycles. The van der Waals surface area contributed by atoms with Crippen molar-refractivity contribution in [3.63, 3.8) is 0 Å². The molecule has 0 fully saturated rings. The topological polar surface area (TPSA) is 87.3 Å². The van der Waals surface area contributed by atoms with E-state index >= 15 is 0 Å². The standard InChI is InChI=1S/C21H24ClN3O3/c1-13(2)12-18(23-19(26)15-9-5-4-8-14(15)3)21(28)25-24-20(27)16-10-6-7-11-17(16)22/h4-11,13,18H,12H2,1-3H3,(H,23,26)(H,24,27)(H,25,28)/t18-/m1/s1. The lowest BCUT2D eigenvalue weighted by Gasteiger charge is -2.21. The molecular weight excluding hydrogens is 378 g/mol. The third-order valence-corrected chi connectivity index (χ3v) is 4.47. The van der Waals surface area contributed by atoms with Crippen LogP contribution >= 0.6 is 11.6 Å². The highest BCUT2D eigenvalue weighted by Gasteiger charge is 2.24. The fourth-order valence-electron chi connectivity index (χ4n) is 2.68. The van der Waals surface area contributed by atoms with Crippen LogP contribution in [0.3, 0.4) is 0 Å². The third kappa shape index (κ3) is 5.82. The Morgan fingerprint density at radius 1 is 0.893 bits per heavy atom. The van der Waals surface area contributed by atoms with Gasteiger partial charge in [0, 0.05) is 5.56 Å². The van der Waals surface area contributed by atoms with Crippen LogP contribution in [0.25, 0.3) is 0 Å². The van der Waals surface area contributed by atoms with E-state index in [1.165, 1.54) is 0 Å². The molecular formula is C21H24ClN3O3. The molecule has 0 radical (unpaired) electrons. The SMILES string of the molecule is Cc1ccccc1C(=O)N[C@H](CC(C)C)C(=O)NNC(=O)c1ccccc1Cl. The summed E-state index contributed by atoms with van der Waals surface area (Å²) < 4.78 is 0. The second-order valence-corrected chi connectivity index (χ2v) is 7.30. The molecule has 2 aromatic rings. The van der Waals surface area contributed by atoms with Crippen LogP contribution in [0.15, 0.2) is 48.5 Å². The van der Waals surface area contributed by atoms with E-state index in [0.29, 0.717) is 12.0 Å². The van der Waals surface area contributed by atoms with Crippen LogP contribution in [0.1, 0.15) is 46.5 Å². The number of hydrogen-bond donors (Lipinski definition) is 3. The summed E-state index contributed by atoms with van der Waals surface area (Å²) >= 11 is 5.99. The van der Waals surface area contributed by atoms with E-state index in [2.05, 4.69) is 16.2 Å². The number of amides is 3. The summed E-state index contributed by atoms with van der Waals surface area (Å²) in [6.07, 6.45) is 0.422. The fourth-order valence-corrected chi connectivity index (χ4v) is 2.91. The van der Waals surface area contributed by atoms with Gasteiger partial charge in [-0.25, -0.2) is 0 Å². The number of rotatable bonds is 6. The van der Waals surface area contributed by atoms with Crippen molar-refractivity contribution in [3.8, 4) is 0 Å². The first-order valence-electron chi connectivity index (χ1n) is 9.00. The molecule has 2 rings (SSSR count). The Bertz CT molecular complexity index is 867. The van der Waals surface area contributed by atoms with Gasteiger partial charge in [-0.15, -0.1) is 0 Å². The highest BCUT2D eigenvalue weighted by Crippen LogP contribution is 2.14. The largest absolute Gasteiger partial charge is 0.340 e. The molecule has 0 spiro atoms. The molecule has 6 nitrogen and oxygen atoms in total. The van der Waals surface area contributed by atoms with E-state index in [1.54, 1.807) is 36.4 Å². The number of hydrogen-bond acceptors (Lipinski definition) is 3. The molecule has 0 heterocycles. The molecule has 0 aliphatic carbocycles. The molecule has 3 amide bonds. The number of hydrazine groups is 1. The van der Waals surface area contributed by atoms with Gasteiger partial charge in [-0.2, -0.15) is 0 Å². The van der Waals surface area contributed by atoms with Gasteiger partial charge >= 0.3 is 0 Å². The number of aryl methyl sites for hydroxylation is 1. The summed E-state index contributed by atoms with van der Waals surface area (Å²) in [5.41, 5.74) is 6.28. The molecule has 0 aromatic heterocycles. The summed E-state index contributed by atoms with van der Waals surface area (Å²) in [4.78, 5) is 37.4. The second kappa shape index (κ2) is 9.90. The summed E-state index contributed by atoms with van der Waals surface area (Å²) in [6, 6.07) is 12.9. The summed E-state index contributed by atoms with van der Waals surface area (Å²) in [7, 11) is 0.